The molecule has 2 aromatic rings. The molecule has 0 radical (unpaired) electrons. The zero-order valence-electron chi connectivity index (χ0n) is 8.11. The summed E-state index contributed by atoms with van der Waals surface area (Å²) in [5.41, 5.74) is 2.21. The normalized spacial score (nSPS) is 10.4. The molecule has 0 fully saturated rings. The number of hydrogen-bond acceptors (Lipinski definition) is 2. The zero-order valence-corrected chi connectivity index (χ0v) is 8.93. The Morgan fingerprint density at radius 1 is 1.36 bits per heavy atom. The third-order valence-electron chi connectivity index (χ3n) is 1.98. The van der Waals surface area contributed by atoms with Gasteiger partial charge in [0.25, 0.3) is 0 Å². The van der Waals surface area contributed by atoms with E-state index in [1.54, 1.807) is 10.9 Å². The van der Waals surface area contributed by atoms with Crippen LogP contribution in [-0.2, 0) is 0 Å². The number of aromatic amines is 1. The van der Waals surface area contributed by atoms with Crippen LogP contribution in [0.15, 0.2) is 24.4 Å². The molecule has 0 unspecified atom stereocenters. The van der Waals surface area contributed by atoms with Crippen LogP contribution in [-0.4, -0.2) is 14.8 Å². The second-order valence-corrected chi connectivity index (χ2v) is 3.72. The van der Waals surface area contributed by atoms with E-state index in [0.29, 0.717) is 0 Å². The molecule has 1 N–H and O–H groups in total. The molecule has 0 spiro atoms. The van der Waals surface area contributed by atoms with Gasteiger partial charge in [-0.3, -0.25) is 5.10 Å². The van der Waals surface area contributed by atoms with Crippen molar-refractivity contribution in [1.29, 1.82) is 0 Å². The predicted molar refractivity (Wildman–Crippen MR) is 58.2 cm³/mol. The third-order valence-corrected chi connectivity index (χ3v) is 2.28. The lowest BCUT2D eigenvalue weighted by atomic mass is 10.3. The zero-order chi connectivity index (χ0) is 10.1. The highest BCUT2D eigenvalue weighted by Crippen LogP contribution is 2.07. The van der Waals surface area contributed by atoms with E-state index < -0.39 is 0 Å². The van der Waals surface area contributed by atoms with Gasteiger partial charge in [0.2, 0.25) is 0 Å². The molecular weight excluding hydrogens is 194 g/mol. The van der Waals surface area contributed by atoms with Crippen LogP contribution in [0.1, 0.15) is 11.3 Å². The van der Waals surface area contributed by atoms with Crippen molar-refractivity contribution in [3.63, 3.8) is 0 Å². The highest BCUT2D eigenvalue weighted by molar-refractivity contribution is 7.71. The van der Waals surface area contributed by atoms with Crippen molar-refractivity contribution in [3.8, 4) is 5.82 Å². The quantitative estimate of drug-likeness (QED) is 0.726. The van der Waals surface area contributed by atoms with Crippen LogP contribution in [0.2, 0.25) is 0 Å². The van der Waals surface area contributed by atoms with Crippen molar-refractivity contribution in [2.75, 3.05) is 0 Å². The maximum Gasteiger partial charge on any atom is 0.152 e. The third kappa shape index (κ3) is 1.61. The Kier molecular flexibility index (Phi) is 2.21. The first-order valence-corrected chi connectivity index (χ1v) is 4.79. The molecule has 0 aromatic carbocycles. The van der Waals surface area contributed by atoms with Crippen molar-refractivity contribution in [3.05, 3.63) is 40.3 Å². The summed E-state index contributed by atoms with van der Waals surface area (Å²) in [6.45, 7) is 4.01. The SMILES string of the molecule is Cc1ccnc(-n2[nH]c(C)cc2=S)c1. The number of nitrogens with one attached hydrogen (secondary N) is 1. The molecular formula is C10H11N3S. The molecule has 0 aliphatic heterocycles. The van der Waals surface area contributed by atoms with Gasteiger partial charge in [-0.1, -0.05) is 12.2 Å². The number of rotatable bonds is 1. The van der Waals surface area contributed by atoms with Crippen LogP contribution in [0.5, 0.6) is 0 Å². The molecule has 14 heavy (non-hydrogen) atoms. The number of H-pyrrole nitrogens is 1. The van der Waals surface area contributed by atoms with Crippen molar-refractivity contribution < 1.29 is 0 Å². The average Bonchev–Trinajstić information content (AvgIpc) is 2.45. The van der Waals surface area contributed by atoms with E-state index in [1.165, 1.54) is 5.56 Å². The summed E-state index contributed by atoms with van der Waals surface area (Å²) in [6, 6.07) is 5.87. The minimum Gasteiger partial charge on any atom is -0.296 e. The first-order valence-electron chi connectivity index (χ1n) is 4.38. The van der Waals surface area contributed by atoms with Crippen molar-refractivity contribution in [2.24, 2.45) is 0 Å². The average molecular weight is 205 g/mol. The monoisotopic (exact) mass is 205 g/mol. The number of aromatic nitrogens is 3. The van der Waals surface area contributed by atoms with Crippen LogP contribution in [0.3, 0.4) is 0 Å². The first-order chi connectivity index (χ1) is 6.66. The Bertz CT molecular complexity index is 510. The molecule has 0 bridgehead atoms. The van der Waals surface area contributed by atoms with Crippen LogP contribution in [0.25, 0.3) is 5.82 Å². The summed E-state index contributed by atoms with van der Waals surface area (Å²) < 4.78 is 2.55. The molecule has 2 heterocycles. The topological polar surface area (TPSA) is 33.6 Å². The van der Waals surface area contributed by atoms with E-state index >= 15 is 0 Å². The molecule has 0 amide bonds. The maximum absolute atomic E-state index is 5.19. The molecule has 0 saturated carbocycles. The molecule has 0 aliphatic carbocycles. The van der Waals surface area contributed by atoms with Crippen molar-refractivity contribution >= 4 is 12.2 Å². The molecule has 4 heteroatoms. The maximum atomic E-state index is 5.19. The Labute approximate surface area is 87.4 Å². The van der Waals surface area contributed by atoms with Gasteiger partial charge >= 0.3 is 0 Å². The van der Waals surface area contributed by atoms with Crippen LogP contribution < -0.4 is 0 Å². The van der Waals surface area contributed by atoms with Gasteiger partial charge in [0.05, 0.1) is 0 Å². The number of pyridine rings is 1. The van der Waals surface area contributed by atoms with Gasteiger partial charge in [-0.05, 0) is 37.6 Å². The standard InChI is InChI=1S/C10H11N3S/c1-7-3-4-11-9(5-7)13-10(14)6-8(2)12-13/h3-6,12H,1-2H3. The summed E-state index contributed by atoms with van der Waals surface area (Å²) in [5.74, 6) is 0.836. The van der Waals surface area contributed by atoms with Crippen LogP contribution >= 0.6 is 12.2 Å². The van der Waals surface area contributed by atoms with Crippen LogP contribution in [0.4, 0.5) is 0 Å². The van der Waals surface area contributed by atoms with Gasteiger partial charge in [0, 0.05) is 11.9 Å². The first kappa shape index (κ1) is 9.15. The molecule has 2 aromatic heterocycles. The Morgan fingerprint density at radius 2 is 2.14 bits per heavy atom. The summed E-state index contributed by atoms with van der Waals surface area (Å²) >= 11 is 5.19. The molecule has 3 nitrogen and oxygen atoms in total. The second-order valence-electron chi connectivity index (χ2n) is 3.30. The molecule has 72 valence electrons. The highest BCUT2D eigenvalue weighted by atomic mass is 32.1. The largest absolute Gasteiger partial charge is 0.296 e. The number of nitrogens with zero attached hydrogens (tertiary/aromatic N) is 2. The second kappa shape index (κ2) is 3.38. The lowest BCUT2D eigenvalue weighted by Crippen LogP contribution is -1.99. The van der Waals surface area contributed by atoms with E-state index in [2.05, 4.69) is 10.1 Å². The predicted octanol–water partition coefficient (Wildman–Crippen LogP) is 2.55. The minimum absolute atomic E-state index is 0.751. The lowest BCUT2D eigenvalue weighted by molar-refractivity contribution is 0.821. The van der Waals surface area contributed by atoms with Gasteiger partial charge in [-0.15, -0.1) is 0 Å². The van der Waals surface area contributed by atoms with E-state index in [0.717, 1.165) is 16.2 Å². The lowest BCUT2D eigenvalue weighted by Gasteiger charge is -2.01. The van der Waals surface area contributed by atoms with Gasteiger partial charge < -0.3 is 0 Å². The van der Waals surface area contributed by atoms with Gasteiger partial charge in [0.15, 0.2) is 5.82 Å². The fourth-order valence-corrected chi connectivity index (χ4v) is 1.64. The number of aryl methyl sites for hydroxylation is 2. The Morgan fingerprint density at radius 3 is 2.71 bits per heavy atom. The Hall–Kier alpha value is -1.42. The fourth-order valence-electron chi connectivity index (χ4n) is 1.33. The summed E-state index contributed by atoms with van der Waals surface area (Å²) in [5, 5.41) is 3.14. The molecule has 0 aliphatic rings. The summed E-state index contributed by atoms with van der Waals surface area (Å²) in [4.78, 5) is 4.25. The Balaban J connectivity index is 2.60. The molecule has 0 saturated heterocycles. The van der Waals surface area contributed by atoms with Crippen molar-refractivity contribution in [1.82, 2.24) is 14.8 Å². The van der Waals surface area contributed by atoms with Gasteiger partial charge in [0.1, 0.15) is 4.64 Å². The van der Waals surface area contributed by atoms with Crippen molar-refractivity contribution in [2.45, 2.75) is 13.8 Å². The van der Waals surface area contributed by atoms with Crippen LogP contribution in [0, 0.1) is 18.5 Å². The van der Waals surface area contributed by atoms with Gasteiger partial charge in [-0.2, -0.15) is 0 Å². The smallest absolute Gasteiger partial charge is 0.152 e. The van der Waals surface area contributed by atoms with E-state index in [1.807, 2.05) is 32.0 Å². The van der Waals surface area contributed by atoms with E-state index in [-0.39, 0.29) is 0 Å². The highest BCUT2D eigenvalue weighted by Gasteiger charge is 2.00. The molecule has 0 atom stereocenters. The summed E-state index contributed by atoms with van der Waals surface area (Å²) in [7, 11) is 0. The van der Waals surface area contributed by atoms with Gasteiger partial charge in [-0.25, -0.2) is 9.67 Å². The van der Waals surface area contributed by atoms with E-state index in [9.17, 15) is 0 Å². The van der Waals surface area contributed by atoms with E-state index in [4.69, 9.17) is 12.2 Å². The fraction of sp³-hybridized carbons (Fsp3) is 0.200. The summed E-state index contributed by atoms with van der Waals surface area (Å²) in [6.07, 6.45) is 1.78. The minimum atomic E-state index is 0.751. The number of hydrogen-bond donors (Lipinski definition) is 1. The molecule has 2 rings (SSSR count).